The van der Waals surface area contributed by atoms with Gasteiger partial charge in [-0.05, 0) is 0 Å². The molecule has 0 aromatic rings. The van der Waals surface area contributed by atoms with Gasteiger partial charge in [0.25, 0.3) is 0 Å². The number of halogens is 3. The number of rotatable bonds is 2. The van der Waals surface area contributed by atoms with Gasteiger partial charge in [-0.3, -0.25) is 4.99 Å². The molecule has 2 nitrogen and oxygen atoms in total. The van der Waals surface area contributed by atoms with Crippen LogP contribution in [0.5, 0.6) is 0 Å². The van der Waals surface area contributed by atoms with Crippen LogP contribution in [0, 0.1) is 0 Å². The Kier molecular flexibility index (Phi) is 3.64. The van der Waals surface area contributed by atoms with Crippen LogP contribution in [0.15, 0.2) is 17.3 Å². The van der Waals surface area contributed by atoms with E-state index >= 15 is 0 Å². The summed E-state index contributed by atoms with van der Waals surface area (Å²) >= 11 is 0. The van der Waals surface area contributed by atoms with Gasteiger partial charge in [0.15, 0.2) is 0 Å². The van der Waals surface area contributed by atoms with Gasteiger partial charge in [-0.15, -0.1) is 0 Å². The molecule has 5 heteroatoms. The molecule has 0 bridgehead atoms. The van der Waals surface area contributed by atoms with Crippen molar-refractivity contribution < 1.29 is 13.2 Å². The zero-order valence-corrected chi connectivity index (χ0v) is 6.26. The summed E-state index contributed by atoms with van der Waals surface area (Å²) in [6.45, 7) is 0. The Morgan fingerprint density at radius 1 is 1.36 bits per heavy atom. The van der Waals surface area contributed by atoms with Crippen molar-refractivity contribution in [3.63, 3.8) is 0 Å². The molecular formula is C6H9F3N2. The van der Waals surface area contributed by atoms with Gasteiger partial charge in [0.1, 0.15) is 0 Å². The average molecular weight is 166 g/mol. The zero-order chi connectivity index (χ0) is 8.91. The Morgan fingerprint density at radius 2 is 1.91 bits per heavy atom. The van der Waals surface area contributed by atoms with Crippen molar-refractivity contribution in [2.75, 3.05) is 14.1 Å². The van der Waals surface area contributed by atoms with Gasteiger partial charge in [0, 0.05) is 26.4 Å². The molecule has 0 radical (unpaired) electrons. The molecule has 0 aromatic heterocycles. The van der Waals surface area contributed by atoms with E-state index in [1.54, 1.807) is 0 Å². The molecule has 0 aromatic carbocycles. The lowest BCUT2D eigenvalue weighted by atomic mass is 10.6. The van der Waals surface area contributed by atoms with E-state index in [1.165, 1.54) is 25.3 Å². The molecule has 0 unspecified atom stereocenters. The predicted molar refractivity (Wildman–Crippen MR) is 37.4 cm³/mol. The second kappa shape index (κ2) is 4.00. The van der Waals surface area contributed by atoms with E-state index in [-0.39, 0.29) is 6.08 Å². The highest BCUT2D eigenvalue weighted by Gasteiger charge is 2.21. The number of nitrogens with zero attached hydrogens (tertiary/aromatic N) is 2. The Labute approximate surface area is 63.0 Å². The Morgan fingerprint density at radius 3 is 2.27 bits per heavy atom. The molecule has 0 atom stereocenters. The molecular weight excluding hydrogens is 157 g/mol. The van der Waals surface area contributed by atoms with E-state index in [9.17, 15) is 13.2 Å². The summed E-state index contributed by atoms with van der Waals surface area (Å²) in [6.07, 6.45) is -1.93. The Balaban J connectivity index is 3.93. The van der Waals surface area contributed by atoms with Crippen LogP contribution in [-0.2, 0) is 0 Å². The fraction of sp³-hybridized carbons (Fsp3) is 0.500. The summed E-state index contributed by atoms with van der Waals surface area (Å²) in [5, 5.41) is 0. The van der Waals surface area contributed by atoms with E-state index in [0.717, 1.165) is 6.20 Å². The maximum absolute atomic E-state index is 11.5. The zero-order valence-electron chi connectivity index (χ0n) is 6.26. The first-order chi connectivity index (χ1) is 4.95. The lowest BCUT2D eigenvalue weighted by Gasteiger charge is -2.05. The second-order valence-electron chi connectivity index (χ2n) is 1.90. The number of allylic oxidation sites excluding steroid dienone is 1. The van der Waals surface area contributed by atoms with Crippen LogP contribution < -0.4 is 0 Å². The molecule has 0 fully saturated rings. The average Bonchev–Trinajstić information content (AvgIpc) is 1.83. The van der Waals surface area contributed by atoms with Crippen LogP contribution >= 0.6 is 0 Å². The monoisotopic (exact) mass is 166 g/mol. The maximum Gasteiger partial charge on any atom is 0.411 e. The lowest BCUT2D eigenvalue weighted by Crippen LogP contribution is -2.10. The van der Waals surface area contributed by atoms with E-state index in [1.807, 2.05) is 0 Å². The topological polar surface area (TPSA) is 15.6 Å². The molecule has 0 aliphatic rings. The summed E-state index contributed by atoms with van der Waals surface area (Å²) < 4.78 is 34.5. The molecule has 0 aliphatic carbocycles. The molecule has 0 amide bonds. The highest BCUT2D eigenvalue weighted by atomic mass is 19.4. The highest BCUT2D eigenvalue weighted by molar-refractivity contribution is 5.55. The number of alkyl halides is 3. The molecule has 0 saturated heterocycles. The molecule has 0 saturated carbocycles. The third kappa shape index (κ3) is 6.89. The Bertz CT molecular complexity index is 160. The first-order valence-electron chi connectivity index (χ1n) is 2.86. The van der Waals surface area contributed by atoms with Crippen LogP contribution in [0.2, 0.25) is 0 Å². The Hall–Kier alpha value is -1.00. The summed E-state index contributed by atoms with van der Waals surface area (Å²) in [6, 6.07) is 0. The first kappa shape index (κ1) is 10.0. The van der Waals surface area contributed by atoms with Gasteiger partial charge >= 0.3 is 6.18 Å². The number of hydrogen-bond donors (Lipinski definition) is 0. The van der Waals surface area contributed by atoms with E-state index in [0.29, 0.717) is 0 Å². The van der Waals surface area contributed by atoms with E-state index in [4.69, 9.17) is 0 Å². The fourth-order valence-electron chi connectivity index (χ4n) is 0.423. The van der Waals surface area contributed by atoms with Crippen molar-refractivity contribution in [2.45, 2.75) is 6.18 Å². The van der Waals surface area contributed by atoms with Gasteiger partial charge < -0.3 is 4.90 Å². The standard InChI is InChI=1S/C6H9F3N2/c1-10-5-11(2)4-3-6(7,8)9/h3-5H,1-2H3/b4-3+,10-5-. The highest BCUT2D eigenvalue weighted by Crippen LogP contribution is 2.15. The van der Waals surface area contributed by atoms with Crippen molar-refractivity contribution in [2.24, 2.45) is 4.99 Å². The third-order valence-electron chi connectivity index (χ3n) is 0.796. The minimum Gasteiger partial charge on any atom is -0.342 e. The predicted octanol–water partition coefficient (Wildman–Crippen LogP) is 1.65. The van der Waals surface area contributed by atoms with Crippen LogP contribution in [-0.4, -0.2) is 31.5 Å². The molecule has 64 valence electrons. The number of hydrogen-bond acceptors (Lipinski definition) is 1. The van der Waals surface area contributed by atoms with Crippen molar-refractivity contribution >= 4 is 6.34 Å². The van der Waals surface area contributed by atoms with Crippen LogP contribution in [0.4, 0.5) is 13.2 Å². The van der Waals surface area contributed by atoms with E-state index < -0.39 is 6.18 Å². The van der Waals surface area contributed by atoms with Gasteiger partial charge in [-0.1, -0.05) is 0 Å². The normalized spacial score (nSPS) is 13.2. The van der Waals surface area contributed by atoms with E-state index in [2.05, 4.69) is 4.99 Å². The van der Waals surface area contributed by atoms with Crippen molar-refractivity contribution in [1.82, 2.24) is 4.90 Å². The molecule has 11 heavy (non-hydrogen) atoms. The molecule has 0 rings (SSSR count). The second-order valence-corrected chi connectivity index (χ2v) is 1.90. The van der Waals surface area contributed by atoms with Gasteiger partial charge in [0.2, 0.25) is 0 Å². The summed E-state index contributed by atoms with van der Waals surface area (Å²) in [5.41, 5.74) is 0. The molecule has 0 aliphatic heterocycles. The SMILES string of the molecule is C/N=C\N(C)/C=C/C(F)(F)F. The summed E-state index contributed by atoms with van der Waals surface area (Å²) in [7, 11) is 2.95. The van der Waals surface area contributed by atoms with Gasteiger partial charge in [-0.25, -0.2) is 0 Å². The van der Waals surface area contributed by atoms with Crippen molar-refractivity contribution in [3.8, 4) is 0 Å². The van der Waals surface area contributed by atoms with Crippen LogP contribution in [0.1, 0.15) is 0 Å². The smallest absolute Gasteiger partial charge is 0.342 e. The van der Waals surface area contributed by atoms with Gasteiger partial charge in [0.05, 0.1) is 6.34 Å². The maximum atomic E-state index is 11.5. The minimum absolute atomic E-state index is 0.147. The van der Waals surface area contributed by atoms with Crippen molar-refractivity contribution in [3.05, 3.63) is 12.3 Å². The summed E-state index contributed by atoms with van der Waals surface area (Å²) in [4.78, 5) is 4.73. The van der Waals surface area contributed by atoms with Gasteiger partial charge in [-0.2, -0.15) is 13.2 Å². The molecule has 0 heterocycles. The quantitative estimate of drug-likeness (QED) is 0.450. The molecule has 0 spiro atoms. The lowest BCUT2D eigenvalue weighted by molar-refractivity contribution is -0.0804. The minimum atomic E-state index is -4.25. The van der Waals surface area contributed by atoms with Crippen LogP contribution in [0.3, 0.4) is 0 Å². The largest absolute Gasteiger partial charge is 0.411 e. The third-order valence-corrected chi connectivity index (χ3v) is 0.796. The summed E-state index contributed by atoms with van der Waals surface area (Å²) in [5.74, 6) is 0. The fourth-order valence-corrected chi connectivity index (χ4v) is 0.423. The number of aliphatic imine (C=N–C) groups is 1. The molecule has 0 N–H and O–H groups in total. The van der Waals surface area contributed by atoms with Crippen molar-refractivity contribution in [1.29, 1.82) is 0 Å². The first-order valence-corrected chi connectivity index (χ1v) is 2.86. The van der Waals surface area contributed by atoms with Crippen LogP contribution in [0.25, 0.3) is 0 Å².